The molecule has 0 aromatic carbocycles. The molecule has 0 amide bonds. The van der Waals surface area contributed by atoms with Gasteiger partial charge in [-0.3, -0.25) is 4.79 Å². The molecule has 4 nitrogen and oxygen atoms in total. The van der Waals surface area contributed by atoms with E-state index in [2.05, 4.69) is 27.0 Å². The van der Waals surface area contributed by atoms with Crippen molar-refractivity contribution in [2.75, 3.05) is 17.8 Å². The Morgan fingerprint density at radius 1 is 1.17 bits per heavy atom. The van der Waals surface area contributed by atoms with Crippen molar-refractivity contribution in [2.24, 2.45) is 5.92 Å². The van der Waals surface area contributed by atoms with E-state index < -0.39 is 10.1 Å². The van der Waals surface area contributed by atoms with Crippen LogP contribution in [-0.2, 0) is 25.8 Å². The Labute approximate surface area is 145 Å². The van der Waals surface area contributed by atoms with Crippen molar-refractivity contribution >= 4 is 26.8 Å². The lowest BCUT2D eigenvalue weighted by Crippen LogP contribution is -2.35. The van der Waals surface area contributed by atoms with Crippen molar-refractivity contribution in [3.05, 3.63) is 0 Å². The van der Waals surface area contributed by atoms with Gasteiger partial charge in [-0.15, -0.1) is 0 Å². The summed E-state index contributed by atoms with van der Waals surface area (Å²) in [5.41, 5.74) is 0. The zero-order valence-electron chi connectivity index (χ0n) is 15.4. The number of carbonyl (C=O) groups excluding carboxylic acids is 1. The third kappa shape index (κ3) is 12.0. The van der Waals surface area contributed by atoms with Crippen molar-refractivity contribution in [3.8, 4) is 0 Å². The highest BCUT2D eigenvalue weighted by atomic mass is 32.2. The Kier molecular flexibility index (Phi) is 10.7. The van der Waals surface area contributed by atoms with Crippen LogP contribution in [0.15, 0.2) is 0 Å². The summed E-state index contributed by atoms with van der Waals surface area (Å²) in [6, 6.07) is 0. The maximum atomic E-state index is 12.1. The van der Waals surface area contributed by atoms with Gasteiger partial charge in [0.1, 0.15) is 4.75 Å². The first-order chi connectivity index (χ1) is 10.5. The monoisotopic (exact) mass is 366 g/mol. The Bertz CT molecular complexity index is 432. The first-order valence-electron chi connectivity index (χ1n) is 8.56. The van der Waals surface area contributed by atoms with Gasteiger partial charge in [-0.25, -0.2) is 8.42 Å². The summed E-state index contributed by atoms with van der Waals surface area (Å²) in [4.78, 5) is 12.1. The van der Waals surface area contributed by atoms with Gasteiger partial charge in [0.25, 0.3) is 0 Å². The molecular formula is C17H34O4S2. The second kappa shape index (κ2) is 10.7. The van der Waals surface area contributed by atoms with E-state index in [1.165, 1.54) is 19.3 Å². The molecule has 0 saturated heterocycles. The van der Waals surface area contributed by atoms with Gasteiger partial charge in [0.05, 0.1) is 16.4 Å². The molecule has 138 valence electrons. The third-order valence-corrected chi connectivity index (χ3v) is 7.81. The summed E-state index contributed by atoms with van der Waals surface area (Å²) in [6.45, 7) is 8.56. The molecule has 0 radical (unpaired) electrons. The van der Waals surface area contributed by atoms with Crippen molar-refractivity contribution in [1.29, 1.82) is 0 Å². The maximum Gasteiger partial charge on any atom is 0.184 e. The van der Waals surface area contributed by atoms with E-state index in [0.717, 1.165) is 25.0 Å². The van der Waals surface area contributed by atoms with Crippen LogP contribution in [0.4, 0.5) is 0 Å². The average molecular weight is 367 g/mol. The van der Waals surface area contributed by atoms with Crippen LogP contribution in [-0.4, -0.2) is 41.3 Å². The predicted molar refractivity (Wildman–Crippen MR) is 99.0 cm³/mol. The zero-order chi connectivity index (χ0) is 18.1. The molecule has 0 N–H and O–H groups in total. The lowest BCUT2D eigenvalue weighted by molar-refractivity contribution is -0.121. The second-order valence-corrected chi connectivity index (χ2v) is 11.6. The van der Waals surface area contributed by atoms with Crippen molar-refractivity contribution in [1.82, 2.24) is 0 Å². The van der Waals surface area contributed by atoms with Crippen LogP contribution in [0.25, 0.3) is 0 Å². The number of carbonyl (C=O) groups is 1. The molecule has 0 aliphatic heterocycles. The first kappa shape index (κ1) is 22.9. The summed E-state index contributed by atoms with van der Waals surface area (Å²) < 4.78 is 29.8. The molecule has 6 heteroatoms. The molecule has 0 aromatic rings. The quantitative estimate of drug-likeness (QED) is 0.532. The minimum absolute atomic E-state index is 0.219. The van der Waals surface area contributed by atoms with Gasteiger partial charge in [-0.2, -0.15) is 0 Å². The normalized spacial score (nSPS) is 18.0. The van der Waals surface area contributed by atoms with Crippen molar-refractivity contribution in [2.45, 2.75) is 77.4 Å². The molecule has 0 heterocycles. The Hall–Kier alpha value is -0.0700. The second-order valence-electron chi connectivity index (χ2n) is 7.31. The molecule has 1 fully saturated rings. The Balaban J connectivity index is 0.000000515. The number of rotatable bonds is 6. The summed E-state index contributed by atoms with van der Waals surface area (Å²) in [5.74, 6) is 1.53. The average Bonchev–Trinajstić information content (AvgIpc) is 2.45. The van der Waals surface area contributed by atoms with E-state index in [0.29, 0.717) is 22.9 Å². The molecule has 0 spiro atoms. The van der Waals surface area contributed by atoms with Crippen LogP contribution >= 0.6 is 0 Å². The van der Waals surface area contributed by atoms with Gasteiger partial charge in [0, 0.05) is 11.7 Å². The topological polar surface area (TPSA) is 74.3 Å². The molecule has 1 unspecified atom stereocenters. The molecule has 1 aliphatic carbocycles. The standard InChI is InChI=1S/C13H25OS.C4H10O3S/c1-13(2,3)15(4)10-12(14)11-8-6-5-7-9-11;1-2-3-4-8(5,6)7/h11H,5-10H2,1-4H3;2-4H2,1H3,(H,5,6,7)/q+1;/p-1. The number of ketones is 1. The van der Waals surface area contributed by atoms with Gasteiger partial charge in [-0.05, 0) is 50.9 Å². The number of Topliss-reactive ketones (excluding diaryl/α,β-unsaturated/α-hetero) is 1. The molecule has 1 aliphatic rings. The Morgan fingerprint density at radius 2 is 1.70 bits per heavy atom. The number of hydrogen-bond donors (Lipinski definition) is 0. The molecule has 0 aromatic heterocycles. The fourth-order valence-electron chi connectivity index (χ4n) is 2.29. The van der Waals surface area contributed by atoms with Gasteiger partial charge in [0.15, 0.2) is 11.5 Å². The third-order valence-electron chi connectivity index (χ3n) is 4.21. The summed E-state index contributed by atoms with van der Waals surface area (Å²) in [5, 5.41) is 0. The summed E-state index contributed by atoms with van der Waals surface area (Å²) >= 11 is 0. The largest absolute Gasteiger partial charge is 0.748 e. The smallest absolute Gasteiger partial charge is 0.184 e. The van der Waals surface area contributed by atoms with Crippen LogP contribution in [0.3, 0.4) is 0 Å². The van der Waals surface area contributed by atoms with Crippen LogP contribution in [0.5, 0.6) is 0 Å². The zero-order valence-corrected chi connectivity index (χ0v) is 17.0. The maximum absolute atomic E-state index is 12.1. The van der Waals surface area contributed by atoms with Crippen molar-refractivity contribution in [3.63, 3.8) is 0 Å². The van der Waals surface area contributed by atoms with E-state index in [9.17, 15) is 17.8 Å². The van der Waals surface area contributed by atoms with E-state index in [1.807, 2.05) is 6.92 Å². The van der Waals surface area contributed by atoms with Crippen LogP contribution in [0, 0.1) is 5.92 Å². The van der Waals surface area contributed by atoms with E-state index in [1.54, 1.807) is 0 Å². The van der Waals surface area contributed by atoms with E-state index in [4.69, 9.17) is 0 Å². The van der Waals surface area contributed by atoms with E-state index in [-0.39, 0.29) is 16.6 Å². The minimum Gasteiger partial charge on any atom is -0.748 e. The van der Waals surface area contributed by atoms with Crippen LogP contribution in [0.1, 0.15) is 72.6 Å². The van der Waals surface area contributed by atoms with Crippen molar-refractivity contribution < 1.29 is 17.8 Å². The van der Waals surface area contributed by atoms with Crippen LogP contribution < -0.4 is 0 Å². The lowest BCUT2D eigenvalue weighted by atomic mass is 9.87. The Morgan fingerprint density at radius 3 is 2.04 bits per heavy atom. The molecular weight excluding hydrogens is 332 g/mol. The lowest BCUT2D eigenvalue weighted by Gasteiger charge is -2.22. The van der Waals surface area contributed by atoms with E-state index >= 15 is 0 Å². The number of unbranched alkanes of at least 4 members (excludes halogenated alkanes) is 1. The molecule has 1 saturated carbocycles. The highest BCUT2D eigenvalue weighted by Gasteiger charge is 2.34. The SMILES string of the molecule is CCCCS(=O)(=O)[O-].C[S+](CC(=O)C1CCCCC1)C(C)(C)C. The fraction of sp³-hybridized carbons (Fsp3) is 0.941. The summed E-state index contributed by atoms with van der Waals surface area (Å²) in [6.07, 6.45) is 9.64. The van der Waals surface area contributed by atoms with Gasteiger partial charge in [-0.1, -0.05) is 32.6 Å². The summed E-state index contributed by atoms with van der Waals surface area (Å²) in [7, 11) is -3.70. The molecule has 0 bridgehead atoms. The van der Waals surface area contributed by atoms with Crippen LogP contribution in [0.2, 0.25) is 0 Å². The minimum atomic E-state index is -3.94. The van der Waals surface area contributed by atoms with Gasteiger partial charge < -0.3 is 4.55 Å². The fourth-order valence-corrected chi connectivity index (χ4v) is 4.03. The predicted octanol–water partition coefficient (Wildman–Crippen LogP) is 3.51. The number of hydrogen-bond acceptors (Lipinski definition) is 4. The van der Waals surface area contributed by atoms with Gasteiger partial charge >= 0.3 is 0 Å². The highest BCUT2D eigenvalue weighted by Crippen LogP contribution is 2.26. The molecule has 1 rings (SSSR count). The molecule has 1 atom stereocenters. The van der Waals surface area contributed by atoms with Gasteiger partial charge in [0.2, 0.25) is 0 Å². The first-order valence-corrected chi connectivity index (χ1v) is 11.9. The molecule has 23 heavy (non-hydrogen) atoms. The highest BCUT2D eigenvalue weighted by molar-refractivity contribution is 7.98.